The van der Waals surface area contributed by atoms with Crippen molar-refractivity contribution in [3.63, 3.8) is 0 Å². The molecular weight excluding hydrogens is 528 g/mol. The molecule has 13 nitrogen and oxygen atoms in total. The van der Waals surface area contributed by atoms with E-state index in [1.54, 1.807) is 32.9 Å². The summed E-state index contributed by atoms with van der Waals surface area (Å²) in [7, 11) is 4.57. The van der Waals surface area contributed by atoms with Crippen LogP contribution in [0, 0.1) is 0 Å². The van der Waals surface area contributed by atoms with Gasteiger partial charge in [-0.1, -0.05) is 16.5 Å². The Balaban J connectivity index is 1.57. The van der Waals surface area contributed by atoms with Crippen molar-refractivity contribution in [2.45, 2.75) is 26.4 Å². The predicted octanol–water partition coefficient (Wildman–Crippen LogP) is 5.26. The van der Waals surface area contributed by atoms with Crippen molar-refractivity contribution < 1.29 is 33.4 Å². The highest BCUT2D eigenvalue weighted by molar-refractivity contribution is 7.19. The molecule has 0 bridgehead atoms. The highest BCUT2D eigenvalue weighted by Gasteiger charge is 2.22. The lowest BCUT2D eigenvalue weighted by Crippen LogP contribution is -2.27. The molecule has 0 aliphatic heterocycles. The lowest BCUT2D eigenvalue weighted by Gasteiger charge is -2.19. The minimum atomic E-state index is -0.666. The van der Waals surface area contributed by atoms with Crippen LogP contribution in [0.4, 0.5) is 27.1 Å². The Morgan fingerprint density at radius 3 is 2.33 bits per heavy atom. The van der Waals surface area contributed by atoms with Gasteiger partial charge in [0.1, 0.15) is 22.0 Å². The summed E-state index contributed by atoms with van der Waals surface area (Å²) in [4.78, 5) is 21.3. The molecule has 0 spiro atoms. The van der Waals surface area contributed by atoms with Gasteiger partial charge in [-0.25, -0.2) is 9.78 Å². The molecule has 0 aliphatic rings. The summed E-state index contributed by atoms with van der Waals surface area (Å²) in [5, 5.41) is 20.6. The molecule has 0 saturated carbocycles. The molecule has 0 atom stereocenters. The maximum atomic E-state index is 12.1. The first-order valence-corrected chi connectivity index (χ1v) is 12.3. The Morgan fingerprint density at radius 1 is 1.03 bits per heavy atom. The van der Waals surface area contributed by atoms with Crippen molar-refractivity contribution in [1.29, 1.82) is 0 Å². The molecule has 0 fully saturated rings. The number of aromatic nitrogens is 3. The lowest BCUT2D eigenvalue weighted by atomic mass is 10.1. The van der Waals surface area contributed by atoms with E-state index >= 15 is 0 Å². The van der Waals surface area contributed by atoms with E-state index in [9.17, 15) is 9.90 Å². The number of nitrogen functional groups attached to an aromatic ring is 1. The SMILES string of the molecule is COc1cc(Nc2nc(N)c(-c3nc(-c4cc(NC(=O)OC(C)(C)C)ccc4O)no3)s2)cc(OC)c1OC. The number of nitrogens with one attached hydrogen (secondary N) is 2. The number of carbonyl (C=O) groups is 1. The van der Waals surface area contributed by atoms with Gasteiger partial charge in [0.2, 0.25) is 11.6 Å². The minimum absolute atomic E-state index is 0.0854. The Labute approximate surface area is 227 Å². The van der Waals surface area contributed by atoms with Gasteiger partial charge in [0.15, 0.2) is 16.6 Å². The zero-order valence-corrected chi connectivity index (χ0v) is 22.9. The molecule has 14 heteroatoms. The minimum Gasteiger partial charge on any atom is -0.507 e. The van der Waals surface area contributed by atoms with Crippen LogP contribution in [0.5, 0.6) is 23.0 Å². The molecule has 39 heavy (non-hydrogen) atoms. The Bertz CT molecular complexity index is 1470. The summed E-state index contributed by atoms with van der Waals surface area (Å²) in [5.41, 5.74) is 6.70. The van der Waals surface area contributed by atoms with Crippen LogP contribution in [0.2, 0.25) is 0 Å². The number of thiazole rings is 1. The van der Waals surface area contributed by atoms with Crippen LogP contribution in [-0.4, -0.2) is 53.3 Å². The smallest absolute Gasteiger partial charge is 0.412 e. The number of hydrogen-bond acceptors (Lipinski definition) is 13. The van der Waals surface area contributed by atoms with E-state index in [1.165, 1.54) is 50.9 Å². The number of anilines is 4. The molecule has 2 aromatic heterocycles. The van der Waals surface area contributed by atoms with E-state index in [2.05, 4.69) is 25.8 Å². The maximum Gasteiger partial charge on any atom is 0.412 e. The van der Waals surface area contributed by atoms with Crippen LogP contribution < -0.4 is 30.6 Å². The Hall–Kier alpha value is -4.72. The topological polar surface area (TPSA) is 176 Å². The van der Waals surface area contributed by atoms with Crippen molar-refractivity contribution in [3.8, 4) is 45.2 Å². The second-order valence-electron chi connectivity index (χ2n) is 9.05. The monoisotopic (exact) mass is 556 g/mol. The number of ether oxygens (including phenoxy) is 4. The molecular formula is C25H28N6O7S. The molecule has 1 amide bonds. The number of aromatic hydroxyl groups is 1. The number of rotatable bonds is 8. The largest absolute Gasteiger partial charge is 0.507 e. The van der Waals surface area contributed by atoms with Crippen molar-refractivity contribution in [3.05, 3.63) is 30.3 Å². The summed E-state index contributed by atoms with van der Waals surface area (Å²) >= 11 is 1.18. The molecule has 2 aromatic carbocycles. The second kappa shape index (κ2) is 10.9. The fraction of sp³-hybridized carbons (Fsp3) is 0.280. The first-order chi connectivity index (χ1) is 18.5. The normalized spacial score (nSPS) is 11.1. The first kappa shape index (κ1) is 27.3. The third-order valence-electron chi connectivity index (χ3n) is 5.07. The summed E-state index contributed by atoms with van der Waals surface area (Å²) in [5.74, 6) is 1.62. The third-order valence-corrected chi connectivity index (χ3v) is 6.05. The summed E-state index contributed by atoms with van der Waals surface area (Å²) in [6, 6.07) is 7.88. The van der Waals surface area contributed by atoms with Crippen LogP contribution in [-0.2, 0) is 4.74 Å². The van der Waals surface area contributed by atoms with Crippen molar-refractivity contribution in [1.82, 2.24) is 15.1 Å². The Kier molecular flexibility index (Phi) is 7.67. The zero-order valence-electron chi connectivity index (χ0n) is 22.1. The summed E-state index contributed by atoms with van der Waals surface area (Å²) in [6.45, 7) is 5.27. The zero-order chi connectivity index (χ0) is 28.3. The molecule has 4 rings (SSSR count). The van der Waals surface area contributed by atoms with Crippen LogP contribution in [0.15, 0.2) is 34.9 Å². The van der Waals surface area contributed by atoms with Gasteiger partial charge in [0, 0.05) is 23.5 Å². The predicted molar refractivity (Wildman–Crippen MR) is 146 cm³/mol. The molecule has 5 N–H and O–H groups in total. The molecule has 2 heterocycles. The lowest BCUT2D eigenvalue weighted by molar-refractivity contribution is 0.0636. The van der Waals surface area contributed by atoms with Gasteiger partial charge in [-0.2, -0.15) is 4.98 Å². The van der Waals surface area contributed by atoms with Gasteiger partial charge >= 0.3 is 6.09 Å². The highest BCUT2D eigenvalue weighted by atomic mass is 32.1. The van der Waals surface area contributed by atoms with E-state index < -0.39 is 11.7 Å². The van der Waals surface area contributed by atoms with Gasteiger partial charge in [-0.05, 0) is 39.0 Å². The van der Waals surface area contributed by atoms with Crippen LogP contribution in [0.3, 0.4) is 0 Å². The fourth-order valence-corrected chi connectivity index (χ4v) is 4.28. The van der Waals surface area contributed by atoms with Gasteiger partial charge in [0.25, 0.3) is 5.89 Å². The molecule has 0 aliphatic carbocycles. The average Bonchev–Trinajstić information content (AvgIpc) is 3.49. The van der Waals surface area contributed by atoms with Crippen LogP contribution in [0.25, 0.3) is 22.2 Å². The van der Waals surface area contributed by atoms with Crippen molar-refractivity contribution in [2.24, 2.45) is 0 Å². The quantitative estimate of drug-likeness (QED) is 0.207. The number of nitrogens with two attached hydrogens (primary N) is 1. The number of benzene rings is 2. The summed E-state index contributed by atoms with van der Waals surface area (Å²) in [6.07, 6.45) is -0.641. The highest BCUT2D eigenvalue weighted by Crippen LogP contribution is 2.42. The standard InChI is InChI=1S/C25H28N6O7S/c1-25(2,3)37-24(33)28-12-7-8-15(32)14(9-12)21-30-22(38-31-21)19-20(26)29-23(39-19)27-13-10-16(34-4)18(36-6)17(11-13)35-5/h7-11,32H,26H2,1-6H3,(H,27,29)(H,28,33). The number of amides is 1. The van der Waals surface area contributed by atoms with Crippen molar-refractivity contribution >= 4 is 39.8 Å². The number of carbonyl (C=O) groups excluding carboxylic acids is 1. The van der Waals surface area contributed by atoms with Gasteiger partial charge < -0.3 is 39.6 Å². The Morgan fingerprint density at radius 2 is 1.72 bits per heavy atom. The molecule has 0 saturated heterocycles. The van der Waals surface area contributed by atoms with Gasteiger partial charge in [-0.15, -0.1) is 0 Å². The second-order valence-corrected chi connectivity index (χ2v) is 10.1. The first-order valence-electron chi connectivity index (χ1n) is 11.5. The van der Waals surface area contributed by atoms with Crippen LogP contribution >= 0.6 is 11.3 Å². The van der Waals surface area contributed by atoms with E-state index in [0.29, 0.717) is 38.6 Å². The van der Waals surface area contributed by atoms with E-state index in [-0.39, 0.29) is 28.8 Å². The van der Waals surface area contributed by atoms with Gasteiger partial charge in [-0.3, -0.25) is 5.32 Å². The number of nitrogens with zero attached hydrogens (tertiary/aromatic N) is 3. The number of phenols is 1. The van der Waals surface area contributed by atoms with Crippen molar-refractivity contribution in [2.75, 3.05) is 37.7 Å². The number of phenolic OH excluding ortho intramolecular Hbond substituents is 1. The molecule has 0 radical (unpaired) electrons. The van der Waals surface area contributed by atoms with E-state index in [4.69, 9.17) is 29.2 Å². The number of hydrogen-bond donors (Lipinski definition) is 4. The molecule has 206 valence electrons. The third kappa shape index (κ3) is 6.23. The van der Waals surface area contributed by atoms with E-state index in [0.717, 1.165) is 0 Å². The summed E-state index contributed by atoms with van der Waals surface area (Å²) < 4.78 is 26.8. The van der Waals surface area contributed by atoms with E-state index in [1.807, 2.05) is 0 Å². The molecule has 4 aromatic rings. The van der Waals surface area contributed by atoms with Gasteiger partial charge in [0.05, 0.1) is 26.9 Å². The maximum absolute atomic E-state index is 12.1. The van der Waals surface area contributed by atoms with Crippen LogP contribution in [0.1, 0.15) is 20.8 Å². The average molecular weight is 557 g/mol. The number of methoxy groups -OCH3 is 3. The molecule has 0 unspecified atom stereocenters. The fourth-order valence-electron chi connectivity index (χ4n) is 3.45.